The van der Waals surface area contributed by atoms with Gasteiger partial charge in [-0.3, -0.25) is 4.90 Å². The second-order valence-electron chi connectivity index (χ2n) is 5.07. The van der Waals surface area contributed by atoms with Crippen LogP contribution in [-0.2, 0) is 0 Å². The third kappa shape index (κ3) is 3.75. The fourth-order valence-corrected chi connectivity index (χ4v) is 2.66. The largest absolute Gasteiger partial charge is 0.458 e. The minimum absolute atomic E-state index is 0.0217. The van der Waals surface area contributed by atoms with Crippen LogP contribution in [0.2, 0.25) is 10.0 Å². The molecule has 0 aliphatic carbocycles. The van der Waals surface area contributed by atoms with Crippen LogP contribution in [0.4, 0.5) is 0 Å². The van der Waals surface area contributed by atoms with Gasteiger partial charge in [-0.1, -0.05) is 37.0 Å². The lowest BCUT2D eigenvalue weighted by atomic mass is 10.3. The van der Waals surface area contributed by atoms with Gasteiger partial charge < -0.3 is 4.74 Å². The fourth-order valence-electron chi connectivity index (χ4n) is 2.37. The molecule has 1 atom stereocenters. The Bertz CT molecular complexity index is 638. The number of halogens is 2. The van der Waals surface area contributed by atoms with Crippen molar-refractivity contribution >= 4 is 23.2 Å². The Morgan fingerprint density at radius 3 is 2.45 bits per heavy atom. The van der Waals surface area contributed by atoms with E-state index < -0.39 is 0 Å². The summed E-state index contributed by atoms with van der Waals surface area (Å²) in [5.74, 6) is 0.600. The van der Waals surface area contributed by atoms with Crippen molar-refractivity contribution in [1.29, 1.82) is 0 Å². The Kier molecular flexibility index (Phi) is 5.73. The van der Waals surface area contributed by atoms with Gasteiger partial charge >= 0.3 is 0 Å². The molecular formula is C16H21Cl2N3O. The first-order valence-electron chi connectivity index (χ1n) is 7.39. The van der Waals surface area contributed by atoms with Gasteiger partial charge in [-0.2, -0.15) is 0 Å². The number of benzene rings is 1. The molecule has 0 N–H and O–H groups in total. The molecule has 1 heterocycles. The highest BCUT2D eigenvalue weighted by molar-refractivity contribution is 6.42. The molecule has 2 aromatic rings. The molecule has 0 amide bonds. The summed E-state index contributed by atoms with van der Waals surface area (Å²) in [4.78, 5) is 2.22. The van der Waals surface area contributed by atoms with E-state index in [0.29, 0.717) is 15.9 Å². The molecule has 1 aromatic heterocycles. The lowest BCUT2D eigenvalue weighted by Crippen LogP contribution is -2.36. The van der Waals surface area contributed by atoms with Crippen LogP contribution in [0.1, 0.15) is 26.5 Å². The van der Waals surface area contributed by atoms with E-state index in [1.165, 1.54) is 0 Å². The minimum atomic E-state index is -0.0217. The molecule has 0 saturated heterocycles. The number of hydrogen-bond acceptors (Lipinski definition) is 3. The quantitative estimate of drug-likeness (QED) is 0.721. The third-order valence-corrected chi connectivity index (χ3v) is 4.37. The van der Waals surface area contributed by atoms with E-state index >= 15 is 0 Å². The molecule has 0 aliphatic rings. The van der Waals surface area contributed by atoms with Gasteiger partial charge in [0.1, 0.15) is 0 Å². The van der Waals surface area contributed by atoms with Gasteiger partial charge in [0.05, 0.1) is 15.7 Å². The average molecular weight is 342 g/mol. The van der Waals surface area contributed by atoms with E-state index in [1.54, 1.807) is 16.8 Å². The van der Waals surface area contributed by atoms with Gasteiger partial charge in [0.2, 0.25) is 5.88 Å². The van der Waals surface area contributed by atoms with Gasteiger partial charge in [0.15, 0.2) is 6.23 Å². The van der Waals surface area contributed by atoms with Crippen molar-refractivity contribution in [2.75, 3.05) is 13.1 Å². The zero-order chi connectivity index (χ0) is 16.3. The molecule has 1 unspecified atom stereocenters. The van der Waals surface area contributed by atoms with E-state index in [2.05, 4.69) is 23.8 Å². The van der Waals surface area contributed by atoms with Crippen molar-refractivity contribution in [2.45, 2.75) is 33.9 Å². The normalized spacial score (nSPS) is 12.7. The van der Waals surface area contributed by atoms with E-state index in [0.717, 1.165) is 24.5 Å². The van der Waals surface area contributed by atoms with Crippen LogP contribution in [0.3, 0.4) is 0 Å². The molecule has 0 spiro atoms. The SMILES string of the molecule is CCN(CC)C(C)Oc1cc(C)n(-c2ccc(Cl)c(Cl)c2)n1. The smallest absolute Gasteiger partial charge is 0.235 e. The molecule has 4 nitrogen and oxygen atoms in total. The number of ether oxygens (including phenoxy) is 1. The van der Waals surface area contributed by atoms with Crippen LogP contribution in [0.25, 0.3) is 5.69 Å². The molecule has 6 heteroatoms. The molecule has 0 saturated carbocycles. The van der Waals surface area contributed by atoms with Gasteiger partial charge in [-0.25, -0.2) is 4.68 Å². The zero-order valence-electron chi connectivity index (χ0n) is 13.3. The Balaban J connectivity index is 2.22. The van der Waals surface area contributed by atoms with Crippen LogP contribution in [0.5, 0.6) is 5.88 Å². The van der Waals surface area contributed by atoms with Gasteiger partial charge in [-0.05, 0) is 45.1 Å². The van der Waals surface area contributed by atoms with Gasteiger partial charge in [0.25, 0.3) is 0 Å². The lowest BCUT2D eigenvalue weighted by molar-refractivity contribution is 0.0440. The Morgan fingerprint density at radius 2 is 1.86 bits per heavy atom. The number of aromatic nitrogens is 2. The maximum Gasteiger partial charge on any atom is 0.235 e. The topological polar surface area (TPSA) is 30.3 Å². The summed E-state index contributed by atoms with van der Waals surface area (Å²) >= 11 is 12.0. The summed E-state index contributed by atoms with van der Waals surface area (Å²) < 4.78 is 7.73. The Hall–Kier alpha value is -1.23. The van der Waals surface area contributed by atoms with E-state index in [-0.39, 0.29) is 6.23 Å². The highest BCUT2D eigenvalue weighted by atomic mass is 35.5. The summed E-state index contributed by atoms with van der Waals surface area (Å²) in [6, 6.07) is 7.36. The minimum Gasteiger partial charge on any atom is -0.458 e. The number of rotatable bonds is 6. The predicted octanol–water partition coefficient (Wildman–Crippen LogP) is 4.55. The monoisotopic (exact) mass is 341 g/mol. The third-order valence-electron chi connectivity index (χ3n) is 3.63. The van der Waals surface area contributed by atoms with Crippen LogP contribution in [-0.4, -0.2) is 34.0 Å². The standard InChI is InChI=1S/C16H21Cl2N3O/c1-5-20(6-2)12(4)22-16-9-11(3)21(19-16)13-7-8-14(17)15(18)10-13/h7-10,12H,5-6H2,1-4H3. The molecule has 0 fully saturated rings. The van der Waals surface area contributed by atoms with Crippen LogP contribution in [0, 0.1) is 6.92 Å². The molecular weight excluding hydrogens is 321 g/mol. The van der Waals surface area contributed by atoms with E-state index in [9.17, 15) is 0 Å². The average Bonchev–Trinajstić information content (AvgIpc) is 2.84. The van der Waals surface area contributed by atoms with Crippen LogP contribution < -0.4 is 4.74 Å². The molecule has 2 rings (SSSR count). The molecule has 120 valence electrons. The first kappa shape index (κ1) is 17.1. The zero-order valence-corrected chi connectivity index (χ0v) is 14.8. The van der Waals surface area contributed by atoms with Gasteiger partial charge in [-0.15, -0.1) is 5.10 Å². The number of hydrogen-bond donors (Lipinski definition) is 0. The molecule has 0 aliphatic heterocycles. The highest BCUT2D eigenvalue weighted by Gasteiger charge is 2.15. The predicted molar refractivity (Wildman–Crippen MR) is 91.3 cm³/mol. The Morgan fingerprint density at radius 1 is 1.18 bits per heavy atom. The summed E-state index contributed by atoms with van der Waals surface area (Å²) in [5, 5.41) is 5.54. The first-order chi connectivity index (χ1) is 10.5. The lowest BCUT2D eigenvalue weighted by Gasteiger charge is -2.25. The Labute approximate surface area is 141 Å². The number of nitrogens with zero attached hydrogens (tertiary/aromatic N) is 3. The van der Waals surface area contributed by atoms with Crippen molar-refractivity contribution in [1.82, 2.24) is 14.7 Å². The van der Waals surface area contributed by atoms with Crippen molar-refractivity contribution in [3.05, 3.63) is 40.0 Å². The van der Waals surface area contributed by atoms with Crippen molar-refractivity contribution in [2.24, 2.45) is 0 Å². The highest BCUT2D eigenvalue weighted by Crippen LogP contribution is 2.26. The summed E-state index contributed by atoms with van der Waals surface area (Å²) in [6.07, 6.45) is -0.0217. The maximum atomic E-state index is 6.08. The van der Waals surface area contributed by atoms with Gasteiger partial charge in [0, 0.05) is 11.8 Å². The van der Waals surface area contributed by atoms with Crippen molar-refractivity contribution in [3.8, 4) is 11.6 Å². The van der Waals surface area contributed by atoms with Crippen LogP contribution >= 0.6 is 23.2 Å². The second-order valence-corrected chi connectivity index (χ2v) is 5.89. The van der Waals surface area contributed by atoms with E-state index in [1.807, 2.05) is 26.0 Å². The maximum absolute atomic E-state index is 6.08. The van der Waals surface area contributed by atoms with Crippen molar-refractivity contribution in [3.63, 3.8) is 0 Å². The fraction of sp³-hybridized carbons (Fsp3) is 0.438. The summed E-state index contributed by atoms with van der Waals surface area (Å²) in [7, 11) is 0. The van der Waals surface area contributed by atoms with Crippen LogP contribution in [0.15, 0.2) is 24.3 Å². The second kappa shape index (κ2) is 7.36. The molecule has 0 bridgehead atoms. The van der Waals surface area contributed by atoms with E-state index in [4.69, 9.17) is 27.9 Å². The summed E-state index contributed by atoms with van der Waals surface area (Å²) in [6.45, 7) is 10.1. The first-order valence-corrected chi connectivity index (χ1v) is 8.14. The van der Waals surface area contributed by atoms with Crippen molar-refractivity contribution < 1.29 is 4.74 Å². The number of aryl methyl sites for hydroxylation is 1. The molecule has 22 heavy (non-hydrogen) atoms. The summed E-state index contributed by atoms with van der Waals surface area (Å²) in [5.41, 5.74) is 1.83. The molecule has 0 radical (unpaired) electrons. The molecule has 1 aromatic carbocycles.